The van der Waals surface area contributed by atoms with Crippen molar-refractivity contribution in [3.8, 4) is 0 Å². The van der Waals surface area contributed by atoms with Crippen LogP contribution in [0.5, 0.6) is 0 Å². The number of rotatable bonds is 2. The number of halogens is 1. The highest BCUT2D eigenvalue weighted by atomic mass is 35.5. The van der Waals surface area contributed by atoms with Crippen molar-refractivity contribution in [3.63, 3.8) is 0 Å². The first kappa shape index (κ1) is 14.2. The molecule has 0 radical (unpaired) electrons. The second-order valence-corrected chi connectivity index (χ2v) is 6.27. The molecular weight excluding hydrogens is 262 g/mol. The molecule has 5 heteroatoms. The first-order valence-electron chi connectivity index (χ1n) is 6.48. The van der Waals surface area contributed by atoms with Crippen molar-refractivity contribution in [3.05, 3.63) is 28.8 Å². The second-order valence-electron chi connectivity index (χ2n) is 5.83. The molecule has 1 aliphatic rings. The topological polar surface area (TPSA) is 58.4 Å². The van der Waals surface area contributed by atoms with Crippen molar-refractivity contribution in [2.45, 2.75) is 26.7 Å². The Labute approximate surface area is 118 Å². The number of hydrogen-bond donors (Lipinski definition) is 2. The van der Waals surface area contributed by atoms with E-state index in [1.807, 2.05) is 4.90 Å². The summed E-state index contributed by atoms with van der Waals surface area (Å²) in [5, 5.41) is 0.540. The normalized spacial score (nSPS) is 18.2. The summed E-state index contributed by atoms with van der Waals surface area (Å²) in [5.74, 6) is 5.45. The zero-order chi connectivity index (χ0) is 14.0. The van der Waals surface area contributed by atoms with Crippen molar-refractivity contribution in [1.82, 2.24) is 4.90 Å². The average molecular weight is 282 g/mol. The van der Waals surface area contributed by atoms with Crippen LogP contribution in [-0.2, 0) is 0 Å². The molecule has 0 bridgehead atoms. The Morgan fingerprint density at radius 3 is 2.84 bits per heavy atom. The van der Waals surface area contributed by atoms with Crippen molar-refractivity contribution in [2.75, 3.05) is 18.5 Å². The van der Waals surface area contributed by atoms with Crippen LogP contribution in [0.1, 0.15) is 37.0 Å². The Balaban J connectivity index is 2.26. The van der Waals surface area contributed by atoms with Gasteiger partial charge in [-0.15, -0.1) is 0 Å². The largest absolute Gasteiger partial charge is 0.338 e. The van der Waals surface area contributed by atoms with Gasteiger partial charge < -0.3 is 10.3 Å². The number of anilines is 1. The molecule has 1 heterocycles. The van der Waals surface area contributed by atoms with Crippen LogP contribution in [0, 0.1) is 5.41 Å². The molecule has 1 aromatic carbocycles. The lowest BCUT2D eigenvalue weighted by molar-refractivity contribution is 0.0584. The molecule has 0 spiro atoms. The number of hydrazine groups is 1. The molecule has 0 unspecified atom stereocenters. The van der Waals surface area contributed by atoms with E-state index in [1.54, 1.807) is 18.2 Å². The van der Waals surface area contributed by atoms with Gasteiger partial charge in [-0.05, 0) is 36.5 Å². The van der Waals surface area contributed by atoms with E-state index in [9.17, 15) is 4.79 Å². The molecule has 1 aromatic rings. The van der Waals surface area contributed by atoms with Crippen LogP contribution in [0.15, 0.2) is 18.2 Å². The Bertz CT molecular complexity index is 488. The summed E-state index contributed by atoms with van der Waals surface area (Å²) in [5.41, 5.74) is 3.87. The molecule has 1 fully saturated rings. The third kappa shape index (κ3) is 3.19. The number of nitrogens with zero attached hydrogens (tertiary/aromatic N) is 1. The minimum Gasteiger partial charge on any atom is -0.338 e. The minimum absolute atomic E-state index is 0.0109. The number of benzene rings is 1. The van der Waals surface area contributed by atoms with Gasteiger partial charge in [0.1, 0.15) is 0 Å². The highest BCUT2D eigenvalue weighted by Gasteiger charge is 2.30. The summed E-state index contributed by atoms with van der Waals surface area (Å²) in [6.07, 6.45) is 2.18. The van der Waals surface area contributed by atoms with Gasteiger partial charge >= 0.3 is 0 Å². The van der Waals surface area contributed by atoms with Gasteiger partial charge in [0.15, 0.2) is 0 Å². The fraction of sp³-hybridized carbons (Fsp3) is 0.500. The molecular formula is C14H20ClN3O. The number of piperidine rings is 1. The second kappa shape index (κ2) is 5.39. The molecule has 0 atom stereocenters. The van der Waals surface area contributed by atoms with Crippen molar-refractivity contribution >= 4 is 23.2 Å². The van der Waals surface area contributed by atoms with E-state index < -0.39 is 0 Å². The van der Waals surface area contributed by atoms with Crippen LogP contribution in [0.25, 0.3) is 0 Å². The number of carbonyl (C=O) groups excluding carboxylic acids is 1. The number of carbonyl (C=O) groups is 1. The molecule has 0 saturated carbocycles. The van der Waals surface area contributed by atoms with E-state index in [-0.39, 0.29) is 11.3 Å². The van der Waals surface area contributed by atoms with Crippen molar-refractivity contribution in [2.24, 2.45) is 11.3 Å². The molecule has 1 aliphatic heterocycles. The molecule has 19 heavy (non-hydrogen) atoms. The number of hydrogen-bond acceptors (Lipinski definition) is 3. The maximum absolute atomic E-state index is 12.6. The third-order valence-corrected chi connectivity index (χ3v) is 3.79. The van der Waals surface area contributed by atoms with E-state index in [0.29, 0.717) is 16.3 Å². The fourth-order valence-corrected chi connectivity index (χ4v) is 2.76. The monoisotopic (exact) mass is 281 g/mol. The maximum atomic E-state index is 12.6. The van der Waals surface area contributed by atoms with Crippen molar-refractivity contribution in [1.29, 1.82) is 0 Å². The van der Waals surface area contributed by atoms with Gasteiger partial charge in [0.2, 0.25) is 0 Å². The van der Waals surface area contributed by atoms with Gasteiger partial charge in [-0.3, -0.25) is 10.6 Å². The van der Waals surface area contributed by atoms with Crippen LogP contribution < -0.4 is 11.3 Å². The van der Waals surface area contributed by atoms with Crippen LogP contribution in [0.3, 0.4) is 0 Å². The summed E-state index contributed by atoms with van der Waals surface area (Å²) in [6, 6.07) is 5.11. The van der Waals surface area contributed by atoms with E-state index in [2.05, 4.69) is 19.3 Å². The third-order valence-electron chi connectivity index (χ3n) is 3.56. The van der Waals surface area contributed by atoms with Crippen LogP contribution >= 0.6 is 11.6 Å². The standard InChI is InChI=1S/C14H20ClN3O/c1-14(2)6-3-7-18(9-14)13(19)11-8-10(15)4-5-12(11)17-16/h4-5,8,17H,3,6-7,9,16H2,1-2H3. The molecule has 3 N–H and O–H groups in total. The first-order chi connectivity index (χ1) is 8.93. The van der Waals surface area contributed by atoms with Crippen molar-refractivity contribution < 1.29 is 4.79 Å². The number of nitrogens with one attached hydrogen (secondary N) is 1. The lowest BCUT2D eigenvalue weighted by Crippen LogP contribution is -2.43. The predicted octanol–water partition coefficient (Wildman–Crippen LogP) is 2.89. The number of nitrogen functional groups attached to an aromatic ring is 1. The molecule has 4 nitrogen and oxygen atoms in total. The predicted molar refractivity (Wildman–Crippen MR) is 78.2 cm³/mol. The Kier molecular flexibility index (Phi) is 4.02. The molecule has 104 valence electrons. The van der Waals surface area contributed by atoms with E-state index in [1.165, 1.54) is 0 Å². The highest BCUT2D eigenvalue weighted by Crippen LogP contribution is 2.30. The van der Waals surface area contributed by atoms with Gasteiger partial charge in [-0.1, -0.05) is 25.4 Å². The van der Waals surface area contributed by atoms with Crippen LogP contribution in [0.4, 0.5) is 5.69 Å². The van der Waals surface area contributed by atoms with Gasteiger partial charge in [-0.2, -0.15) is 0 Å². The highest BCUT2D eigenvalue weighted by molar-refractivity contribution is 6.31. The number of likely N-dealkylation sites (tertiary alicyclic amines) is 1. The van der Waals surface area contributed by atoms with E-state index in [4.69, 9.17) is 17.4 Å². The molecule has 1 saturated heterocycles. The van der Waals surface area contributed by atoms with E-state index in [0.717, 1.165) is 25.9 Å². The van der Waals surface area contributed by atoms with Gasteiger partial charge in [0.05, 0.1) is 11.3 Å². The molecule has 2 rings (SSSR count). The van der Waals surface area contributed by atoms with Crippen LogP contribution in [-0.4, -0.2) is 23.9 Å². The summed E-state index contributed by atoms with van der Waals surface area (Å²) >= 11 is 5.97. The zero-order valence-electron chi connectivity index (χ0n) is 11.4. The fourth-order valence-electron chi connectivity index (χ4n) is 2.59. The van der Waals surface area contributed by atoms with Crippen LogP contribution in [0.2, 0.25) is 5.02 Å². The lowest BCUT2D eigenvalue weighted by atomic mass is 9.84. The maximum Gasteiger partial charge on any atom is 0.256 e. The summed E-state index contributed by atoms with van der Waals surface area (Å²) in [7, 11) is 0. The quantitative estimate of drug-likeness (QED) is 0.647. The number of nitrogens with two attached hydrogens (primary N) is 1. The van der Waals surface area contributed by atoms with Gasteiger partial charge in [0.25, 0.3) is 5.91 Å². The van der Waals surface area contributed by atoms with Gasteiger partial charge in [0, 0.05) is 18.1 Å². The average Bonchev–Trinajstić information content (AvgIpc) is 2.36. The summed E-state index contributed by atoms with van der Waals surface area (Å²) in [6.45, 7) is 5.93. The minimum atomic E-state index is -0.0109. The smallest absolute Gasteiger partial charge is 0.256 e. The summed E-state index contributed by atoms with van der Waals surface area (Å²) in [4.78, 5) is 14.5. The molecule has 0 aromatic heterocycles. The zero-order valence-corrected chi connectivity index (χ0v) is 12.1. The van der Waals surface area contributed by atoms with E-state index >= 15 is 0 Å². The molecule has 0 aliphatic carbocycles. The Morgan fingerprint density at radius 2 is 2.21 bits per heavy atom. The first-order valence-corrected chi connectivity index (χ1v) is 6.86. The lowest BCUT2D eigenvalue weighted by Gasteiger charge is -2.38. The SMILES string of the molecule is CC1(C)CCCN(C(=O)c2cc(Cl)ccc2NN)C1. The molecule has 1 amide bonds. The Hall–Kier alpha value is -1.26. The number of amides is 1. The van der Waals surface area contributed by atoms with Gasteiger partial charge in [-0.25, -0.2) is 0 Å². The summed E-state index contributed by atoms with van der Waals surface area (Å²) < 4.78 is 0. The Morgan fingerprint density at radius 1 is 1.47 bits per heavy atom.